The Hall–Kier alpha value is -1.35. The van der Waals surface area contributed by atoms with Gasteiger partial charge in [-0.1, -0.05) is 13.0 Å². The lowest BCUT2D eigenvalue weighted by Crippen LogP contribution is -1.97. The molecular weight excluding hydrogens is 174 g/mol. The fourth-order valence-electron chi connectivity index (χ4n) is 1.71. The summed E-state index contributed by atoms with van der Waals surface area (Å²) < 4.78 is 2.11. The van der Waals surface area contributed by atoms with E-state index in [0.717, 1.165) is 23.5 Å². The Morgan fingerprint density at radius 3 is 2.86 bits per heavy atom. The summed E-state index contributed by atoms with van der Waals surface area (Å²) in [6, 6.07) is 4.23. The molecule has 0 aliphatic heterocycles. The van der Waals surface area contributed by atoms with E-state index >= 15 is 0 Å². The number of pyridine rings is 1. The van der Waals surface area contributed by atoms with Crippen LogP contribution in [0.15, 0.2) is 18.3 Å². The molecule has 74 valence electrons. The summed E-state index contributed by atoms with van der Waals surface area (Å²) in [5.74, 6) is 1.01. The molecule has 0 saturated carbocycles. The van der Waals surface area contributed by atoms with Crippen LogP contribution in [0.3, 0.4) is 0 Å². The third-order valence-corrected chi connectivity index (χ3v) is 2.55. The summed E-state index contributed by atoms with van der Waals surface area (Å²) in [6.07, 6.45) is 3.18. The van der Waals surface area contributed by atoms with Crippen LogP contribution >= 0.6 is 0 Å². The van der Waals surface area contributed by atoms with Gasteiger partial charge in [-0.2, -0.15) is 0 Å². The average Bonchev–Trinajstić information content (AvgIpc) is 2.55. The topological polar surface area (TPSA) is 43.3 Å². The predicted molar refractivity (Wildman–Crippen MR) is 57.2 cm³/mol. The van der Waals surface area contributed by atoms with Crippen LogP contribution in [0.25, 0.3) is 5.52 Å². The van der Waals surface area contributed by atoms with Crippen molar-refractivity contribution in [1.82, 2.24) is 9.38 Å². The molecule has 2 aromatic heterocycles. The molecule has 2 N–H and O–H groups in total. The third-order valence-electron chi connectivity index (χ3n) is 2.55. The Labute approximate surface area is 83.6 Å². The smallest absolute Gasteiger partial charge is 0.110 e. The van der Waals surface area contributed by atoms with Gasteiger partial charge in [0, 0.05) is 12.7 Å². The lowest BCUT2D eigenvalue weighted by molar-refractivity contribution is 0.983. The Bertz CT molecular complexity index is 457. The lowest BCUT2D eigenvalue weighted by Gasteiger charge is -2.00. The molecule has 14 heavy (non-hydrogen) atoms. The van der Waals surface area contributed by atoms with Crippen LogP contribution in [-0.2, 0) is 13.0 Å². The molecule has 3 nitrogen and oxygen atoms in total. The Morgan fingerprint density at radius 2 is 2.21 bits per heavy atom. The van der Waals surface area contributed by atoms with Crippen molar-refractivity contribution >= 4 is 5.52 Å². The number of rotatable bonds is 2. The molecular formula is C11H15N3. The zero-order valence-corrected chi connectivity index (χ0v) is 8.62. The summed E-state index contributed by atoms with van der Waals surface area (Å²) in [5.41, 5.74) is 9.05. The normalized spacial score (nSPS) is 11.1. The van der Waals surface area contributed by atoms with Crippen LogP contribution in [-0.4, -0.2) is 9.38 Å². The summed E-state index contributed by atoms with van der Waals surface area (Å²) in [4.78, 5) is 4.42. The van der Waals surface area contributed by atoms with Gasteiger partial charge < -0.3 is 10.1 Å². The van der Waals surface area contributed by atoms with Crippen LogP contribution < -0.4 is 5.73 Å². The maximum Gasteiger partial charge on any atom is 0.110 e. The van der Waals surface area contributed by atoms with E-state index in [0.29, 0.717) is 6.54 Å². The number of imidazole rings is 1. The van der Waals surface area contributed by atoms with Gasteiger partial charge in [0.2, 0.25) is 0 Å². The second kappa shape index (κ2) is 3.42. The first-order chi connectivity index (χ1) is 6.76. The zero-order valence-electron chi connectivity index (χ0n) is 8.62. The third kappa shape index (κ3) is 1.30. The molecule has 2 rings (SSSR count). The van der Waals surface area contributed by atoms with Crippen LogP contribution in [0.2, 0.25) is 0 Å². The highest BCUT2D eigenvalue weighted by Crippen LogP contribution is 2.14. The van der Waals surface area contributed by atoms with Gasteiger partial charge in [-0.05, 0) is 25.0 Å². The van der Waals surface area contributed by atoms with Gasteiger partial charge >= 0.3 is 0 Å². The Morgan fingerprint density at radius 1 is 1.43 bits per heavy atom. The molecule has 0 atom stereocenters. The summed E-state index contributed by atoms with van der Waals surface area (Å²) >= 11 is 0. The van der Waals surface area contributed by atoms with Crippen molar-refractivity contribution in [3.05, 3.63) is 35.4 Å². The van der Waals surface area contributed by atoms with Crippen LogP contribution in [0, 0.1) is 6.92 Å². The van der Waals surface area contributed by atoms with Gasteiger partial charge in [-0.3, -0.25) is 0 Å². The SMILES string of the molecule is CCc1ccc2c(CN)nc(C)n2c1. The minimum atomic E-state index is 0.503. The summed E-state index contributed by atoms with van der Waals surface area (Å²) in [5, 5.41) is 0. The standard InChI is InChI=1S/C11H15N3/c1-3-9-4-5-11-10(6-12)13-8(2)14(11)7-9/h4-5,7H,3,6,12H2,1-2H3. The van der Waals surface area contributed by atoms with E-state index in [1.54, 1.807) is 0 Å². The van der Waals surface area contributed by atoms with Gasteiger partial charge in [-0.25, -0.2) is 4.98 Å². The number of hydrogen-bond acceptors (Lipinski definition) is 2. The molecule has 2 aromatic rings. The predicted octanol–water partition coefficient (Wildman–Crippen LogP) is 1.66. The monoisotopic (exact) mass is 189 g/mol. The van der Waals surface area contributed by atoms with Gasteiger partial charge in [-0.15, -0.1) is 0 Å². The Kier molecular flexibility index (Phi) is 2.25. The lowest BCUT2D eigenvalue weighted by atomic mass is 10.2. The molecule has 0 bridgehead atoms. The van der Waals surface area contributed by atoms with E-state index in [2.05, 4.69) is 34.6 Å². The molecule has 0 radical (unpaired) electrons. The molecule has 0 spiro atoms. The molecule has 0 fully saturated rings. The van der Waals surface area contributed by atoms with Crippen LogP contribution in [0.1, 0.15) is 24.0 Å². The highest BCUT2D eigenvalue weighted by atomic mass is 15.0. The molecule has 0 saturated heterocycles. The molecule has 0 amide bonds. The van der Waals surface area contributed by atoms with Crippen molar-refractivity contribution in [1.29, 1.82) is 0 Å². The quantitative estimate of drug-likeness (QED) is 0.780. The molecule has 0 aliphatic rings. The van der Waals surface area contributed by atoms with E-state index in [-0.39, 0.29) is 0 Å². The van der Waals surface area contributed by atoms with Crippen molar-refractivity contribution < 1.29 is 0 Å². The molecule has 0 aliphatic carbocycles. The first-order valence-electron chi connectivity index (χ1n) is 4.92. The van der Waals surface area contributed by atoms with Crippen molar-refractivity contribution in [3.63, 3.8) is 0 Å². The zero-order chi connectivity index (χ0) is 10.1. The average molecular weight is 189 g/mol. The number of fused-ring (bicyclic) bond motifs is 1. The van der Waals surface area contributed by atoms with E-state index < -0.39 is 0 Å². The van der Waals surface area contributed by atoms with Gasteiger partial charge in [0.15, 0.2) is 0 Å². The maximum atomic E-state index is 5.62. The van der Waals surface area contributed by atoms with E-state index in [4.69, 9.17) is 5.73 Å². The van der Waals surface area contributed by atoms with Gasteiger partial charge in [0.1, 0.15) is 5.82 Å². The highest BCUT2D eigenvalue weighted by molar-refractivity contribution is 5.53. The van der Waals surface area contributed by atoms with Crippen molar-refractivity contribution in [3.8, 4) is 0 Å². The van der Waals surface area contributed by atoms with E-state index in [1.807, 2.05) is 6.92 Å². The molecule has 0 unspecified atom stereocenters. The first-order valence-corrected chi connectivity index (χ1v) is 4.92. The molecule has 0 aromatic carbocycles. The van der Waals surface area contributed by atoms with E-state index in [1.165, 1.54) is 5.56 Å². The fraction of sp³-hybridized carbons (Fsp3) is 0.364. The maximum absolute atomic E-state index is 5.62. The first kappa shape index (κ1) is 9.21. The largest absolute Gasteiger partial charge is 0.325 e. The van der Waals surface area contributed by atoms with E-state index in [9.17, 15) is 0 Å². The van der Waals surface area contributed by atoms with Crippen LogP contribution in [0.4, 0.5) is 0 Å². The second-order valence-electron chi connectivity index (χ2n) is 3.46. The number of aromatic nitrogens is 2. The van der Waals surface area contributed by atoms with Crippen molar-refractivity contribution in [2.24, 2.45) is 5.73 Å². The Balaban J connectivity index is 2.70. The number of nitrogens with two attached hydrogens (primary N) is 1. The highest BCUT2D eigenvalue weighted by Gasteiger charge is 2.05. The minimum Gasteiger partial charge on any atom is -0.325 e. The number of aryl methyl sites for hydroxylation is 2. The fourth-order valence-corrected chi connectivity index (χ4v) is 1.71. The minimum absolute atomic E-state index is 0.503. The molecule has 2 heterocycles. The second-order valence-corrected chi connectivity index (χ2v) is 3.46. The number of nitrogens with zero attached hydrogens (tertiary/aromatic N) is 2. The van der Waals surface area contributed by atoms with Crippen molar-refractivity contribution in [2.45, 2.75) is 26.8 Å². The van der Waals surface area contributed by atoms with Crippen molar-refractivity contribution in [2.75, 3.05) is 0 Å². The van der Waals surface area contributed by atoms with Crippen LogP contribution in [0.5, 0.6) is 0 Å². The van der Waals surface area contributed by atoms with Gasteiger partial charge in [0.05, 0.1) is 11.2 Å². The number of hydrogen-bond donors (Lipinski definition) is 1. The molecule has 3 heteroatoms. The summed E-state index contributed by atoms with van der Waals surface area (Å²) in [6.45, 7) is 4.66. The summed E-state index contributed by atoms with van der Waals surface area (Å²) in [7, 11) is 0. The van der Waals surface area contributed by atoms with Gasteiger partial charge in [0.25, 0.3) is 0 Å².